The molecule has 0 unspecified atom stereocenters. The minimum Gasteiger partial charge on any atom is -0.497 e. The van der Waals surface area contributed by atoms with E-state index in [4.69, 9.17) is 14.2 Å². The van der Waals surface area contributed by atoms with Crippen LogP contribution < -0.4 is 19.5 Å². The van der Waals surface area contributed by atoms with Gasteiger partial charge >= 0.3 is 0 Å². The maximum absolute atomic E-state index is 12.6. The first-order valence-corrected chi connectivity index (χ1v) is 9.11. The molecule has 1 atom stereocenters. The molecule has 27 heavy (non-hydrogen) atoms. The summed E-state index contributed by atoms with van der Waals surface area (Å²) in [7, 11) is 4.82. The first-order chi connectivity index (χ1) is 13.0. The summed E-state index contributed by atoms with van der Waals surface area (Å²) in [5.41, 5.74) is 1.95. The highest BCUT2D eigenvalue weighted by Gasteiger charge is 2.17. The van der Waals surface area contributed by atoms with Crippen LogP contribution in [-0.4, -0.2) is 27.2 Å². The van der Waals surface area contributed by atoms with E-state index in [9.17, 15) is 4.79 Å². The highest BCUT2D eigenvalue weighted by atomic mass is 16.5. The molecule has 0 radical (unpaired) electrons. The van der Waals surface area contributed by atoms with E-state index >= 15 is 0 Å². The summed E-state index contributed by atoms with van der Waals surface area (Å²) in [4.78, 5) is 12.6. The van der Waals surface area contributed by atoms with Crippen molar-refractivity contribution in [2.75, 3.05) is 21.3 Å². The van der Waals surface area contributed by atoms with Crippen LogP contribution in [0.4, 0.5) is 0 Å². The van der Waals surface area contributed by atoms with E-state index in [0.29, 0.717) is 17.4 Å². The molecular formula is C22H29NO4. The van der Waals surface area contributed by atoms with Gasteiger partial charge in [-0.2, -0.15) is 0 Å². The summed E-state index contributed by atoms with van der Waals surface area (Å²) in [6.07, 6.45) is 1.15. The van der Waals surface area contributed by atoms with Gasteiger partial charge in [0.05, 0.1) is 33.8 Å². The fourth-order valence-electron chi connectivity index (χ4n) is 3.01. The van der Waals surface area contributed by atoms with Gasteiger partial charge in [0.15, 0.2) is 11.5 Å². The lowest BCUT2D eigenvalue weighted by Gasteiger charge is -2.21. The monoisotopic (exact) mass is 371 g/mol. The fraction of sp³-hybridized carbons (Fsp3) is 0.409. The third-order valence-corrected chi connectivity index (χ3v) is 4.37. The van der Waals surface area contributed by atoms with Crippen molar-refractivity contribution in [3.05, 3.63) is 53.6 Å². The Balaban J connectivity index is 2.11. The topological polar surface area (TPSA) is 56.8 Å². The Labute approximate surface area is 161 Å². The third kappa shape index (κ3) is 5.91. The van der Waals surface area contributed by atoms with Crippen LogP contribution in [-0.2, 0) is 11.2 Å². The Kier molecular flexibility index (Phi) is 7.53. The van der Waals surface area contributed by atoms with E-state index in [-0.39, 0.29) is 18.4 Å². The Bertz CT molecular complexity index is 740. The van der Waals surface area contributed by atoms with Crippen LogP contribution in [0.1, 0.15) is 37.4 Å². The summed E-state index contributed by atoms with van der Waals surface area (Å²) in [6.45, 7) is 4.30. The zero-order chi connectivity index (χ0) is 19.8. The maximum atomic E-state index is 12.6. The van der Waals surface area contributed by atoms with Crippen molar-refractivity contribution in [3.8, 4) is 17.2 Å². The molecule has 0 aromatic heterocycles. The smallest absolute Gasteiger partial charge is 0.224 e. The number of benzene rings is 2. The number of rotatable bonds is 9. The predicted molar refractivity (Wildman–Crippen MR) is 107 cm³/mol. The van der Waals surface area contributed by atoms with Crippen LogP contribution in [0.3, 0.4) is 0 Å². The molecule has 0 saturated heterocycles. The average Bonchev–Trinajstić information content (AvgIpc) is 2.67. The highest BCUT2D eigenvalue weighted by molar-refractivity contribution is 5.79. The minimum absolute atomic E-state index is 0.0244. The number of ether oxygens (including phenoxy) is 3. The number of carbonyl (C=O) groups is 1. The van der Waals surface area contributed by atoms with Gasteiger partial charge in [0.2, 0.25) is 5.91 Å². The minimum atomic E-state index is -0.0384. The molecule has 0 fully saturated rings. The Morgan fingerprint density at radius 1 is 0.926 bits per heavy atom. The second kappa shape index (κ2) is 9.86. The van der Waals surface area contributed by atoms with E-state index in [0.717, 1.165) is 23.3 Å². The van der Waals surface area contributed by atoms with E-state index in [1.807, 2.05) is 42.5 Å². The van der Waals surface area contributed by atoms with Crippen molar-refractivity contribution in [1.29, 1.82) is 0 Å². The summed E-state index contributed by atoms with van der Waals surface area (Å²) >= 11 is 0. The van der Waals surface area contributed by atoms with Crippen LogP contribution in [0.25, 0.3) is 0 Å². The van der Waals surface area contributed by atoms with Crippen LogP contribution >= 0.6 is 0 Å². The number of amides is 1. The number of hydrogen-bond acceptors (Lipinski definition) is 4. The van der Waals surface area contributed by atoms with Crippen molar-refractivity contribution < 1.29 is 19.0 Å². The molecule has 2 rings (SSSR count). The van der Waals surface area contributed by atoms with E-state index in [1.165, 1.54) is 0 Å². The fourth-order valence-corrected chi connectivity index (χ4v) is 3.01. The van der Waals surface area contributed by atoms with E-state index in [2.05, 4.69) is 19.2 Å². The molecule has 0 bridgehead atoms. The van der Waals surface area contributed by atoms with Gasteiger partial charge in [0.1, 0.15) is 5.75 Å². The van der Waals surface area contributed by atoms with Gasteiger partial charge in [-0.3, -0.25) is 4.79 Å². The number of hydrogen-bond donors (Lipinski definition) is 1. The molecule has 5 nitrogen and oxygen atoms in total. The van der Waals surface area contributed by atoms with E-state index in [1.54, 1.807) is 21.3 Å². The molecule has 0 aliphatic rings. The van der Waals surface area contributed by atoms with Crippen LogP contribution in [0.15, 0.2) is 42.5 Å². The zero-order valence-corrected chi connectivity index (χ0v) is 16.7. The van der Waals surface area contributed by atoms with Crippen molar-refractivity contribution in [3.63, 3.8) is 0 Å². The quantitative estimate of drug-likeness (QED) is 0.719. The van der Waals surface area contributed by atoms with Crippen LogP contribution in [0, 0.1) is 5.92 Å². The van der Waals surface area contributed by atoms with Gasteiger partial charge in [-0.15, -0.1) is 0 Å². The third-order valence-electron chi connectivity index (χ3n) is 4.37. The first kappa shape index (κ1) is 20.6. The van der Waals surface area contributed by atoms with Crippen LogP contribution in [0.2, 0.25) is 0 Å². The summed E-state index contributed by atoms with van der Waals surface area (Å²) in [6, 6.07) is 13.3. The first-order valence-electron chi connectivity index (χ1n) is 9.11. The summed E-state index contributed by atoms with van der Waals surface area (Å²) in [5, 5.41) is 3.16. The predicted octanol–water partition coefficient (Wildman–Crippen LogP) is 4.16. The zero-order valence-electron chi connectivity index (χ0n) is 16.7. The number of methoxy groups -OCH3 is 3. The molecule has 0 heterocycles. The van der Waals surface area contributed by atoms with Gasteiger partial charge in [-0.1, -0.05) is 32.0 Å². The molecule has 5 heteroatoms. The number of nitrogens with one attached hydrogen (secondary N) is 1. The highest BCUT2D eigenvalue weighted by Crippen LogP contribution is 2.28. The van der Waals surface area contributed by atoms with Crippen LogP contribution in [0.5, 0.6) is 17.2 Å². The summed E-state index contributed by atoms with van der Waals surface area (Å²) in [5.74, 6) is 2.51. The largest absolute Gasteiger partial charge is 0.497 e. The second-order valence-electron chi connectivity index (χ2n) is 6.89. The molecule has 2 aromatic carbocycles. The van der Waals surface area contributed by atoms with Crippen molar-refractivity contribution in [2.45, 2.75) is 32.7 Å². The maximum Gasteiger partial charge on any atom is 0.224 e. The normalized spacial score (nSPS) is 11.8. The molecule has 1 N–H and O–H groups in total. The van der Waals surface area contributed by atoms with Gasteiger partial charge in [-0.25, -0.2) is 0 Å². The van der Waals surface area contributed by atoms with Gasteiger partial charge in [0, 0.05) is 0 Å². The SMILES string of the molecule is COc1ccc([C@H](CC(C)C)NC(=O)Cc2ccc(OC)c(OC)c2)cc1. The average molecular weight is 371 g/mol. The molecule has 2 aromatic rings. The summed E-state index contributed by atoms with van der Waals surface area (Å²) < 4.78 is 15.8. The molecule has 0 aliphatic carbocycles. The number of carbonyl (C=O) groups excluding carboxylic acids is 1. The Hall–Kier alpha value is -2.69. The molecule has 146 valence electrons. The molecule has 1 amide bonds. The van der Waals surface area contributed by atoms with Crippen molar-refractivity contribution >= 4 is 5.91 Å². The van der Waals surface area contributed by atoms with Gasteiger partial charge in [0.25, 0.3) is 0 Å². The lowest BCUT2D eigenvalue weighted by Crippen LogP contribution is -2.30. The Morgan fingerprint density at radius 2 is 1.59 bits per heavy atom. The molecular weight excluding hydrogens is 342 g/mol. The standard InChI is InChI=1S/C22H29NO4/c1-15(2)12-19(17-7-9-18(25-3)10-8-17)23-22(24)14-16-6-11-20(26-4)21(13-16)27-5/h6-11,13,15,19H,12,14H2,1-5H3,(H,23,24)/t19-/m0/s1. The molecule has 0 saturated carbocycles. The van der Waals surface area contributed by atoms with Gasteiger partial charge < -0.3 is 19.5 Å². The molecule has 0 aliphatic heterocycles. The van der Waals surface area contributed by atoms with E-state index < -0.39 is 0 Å². The Morgan fingerprint density at radius 3 is 2.15 bits per heavy atom. The molecule has 0 spiro atoms. The van der Waals surface area contributed by atoms with Gasteiger partial charge in [-0.05, 0) is 47.7 Å². The van der Waals surface area contributed by atoms with Crippen molar-refractivity contribution in [2.24, 2.45) is 5.92 Å². The van der Waals surface area contributed by atoms with Crippen molar-refractivity contribution in [1.82, 2.24) is 5.32 Å². The lowest BCUT2D eigenvalue weighted by molar-refractivity contribution is -0.121. The lowest BCUT2D eigenvalue weighted by atomic mass is 9.96. The second-order valence-corrected chi connectivity index (χ2v) is 6.89.